The topological polar surface area (TPSA) is 106 Å². The number of nitrogens with zero attached hydrogens (tertiary/aromatic N) is 6. The number of hydrogen-bond donors (Lipinski definition) is 0. The van der Waals surface area contributed by atoms with E-state index < -0.39 is 11.2 Å². The van der Waals surface area contributed by atoms with Crippen LogP contribution in [0.15, 0.2) is 14.8 Å². The van der Waals surface area contributed by atoms with Gasteiger partial charge in [-0.05, 0) is 10.4 Å². The van der Waals surface area contributed by atoms with Crippen molar-refractivity contribution < 1.29 is 8.97 Å². The molecule has 19 heavy (non-hydrogen) atoms. The van der Waals surface area contributed by atoms with Gasteiger partial charge in [-0.2, -0.15) is 4.68 Å². The molecule has 2 aromatic heterocycles. The zero-order chi connectivity index (χ0) is 13.8. The van der Waals surface area contributed by atoms with Crippen LogP contribution < -0.4 is 0 Å². The zero-order valence-electron chi connectivity index (χ0n) is 10.8. The van der Waals surface area contributed by atoms with Crippen molar-refractivity contribution in [2.24, 2.45) is 7.05 Å². The molecule has 0 aliphatic carbocycles. The maximum absolute atomic E-state index is 12.0. The second kappa shape index (κ2) is 6.35. The highest BCUT2D eigenvalue weighted by Crippen LogP contribution is 2.24. The second-order valence-corrected chi connectivity index (χ2v) is 6.79. The Labute approximate surface area is 117 Å². The normalized spacial score (nSPS) is 14.5. The first-order chi connectivity index (χ1) is 9.06. The van der Waals surface area contributed by atoms with E-state index in [2.05, 4.69) is 25.7 Å². The summed E-state index contributed by atoms with van der Waals surface area (Å²) in [7, 11) is 1.67. The molecule has 2 atom stereocenters. The number of rotatable bonds is 6. The van der Waals surface area contributed by atoms with Gasteiger partial charge in [0.2, 0.25) is 5.89 Å². The molecule has 0 N–H and O–H groups in total. The van der Waals surface area contributed by atoms with Crippen LogP contribution >= 0.6 is 11.8 Å². The lowest BCUT2D eigenvalue weighted by Gasteiger charge is -2.10. The minimum atomic E-state index is -1.19. The maximum atomic E-state index is 12.0. The van der Waals surface area contributed by atoms with Crippen LogP contribution in [0.4, 0.5) is 0 Å². The summed E-state index contributed by atoms with van der Waals surface area (Å²) < 4.78 is 18.7. The molecule has 0 aliphatic heterocycles. The molecule has 0 spiro atoms. The maximum Gasteiger partial charge on any atom is 0.360 e. The molecule has 104 valence electrons. The smallest absolute Gasteiger partial charge is 0.360 e. The Morgan fingerprint density at radius 3 is 2.79 bits per heavy atom. The predicted molar refractivity (Wildman–Crippen MR) is 69.0 cm³/mol. The predicted octanol–water partition coefficient (Wildman–Crippen LogP) is 0.580. The SMILES string of the molecule is Cc1nnc(SC(C)CC[S+]([O-])c2nnnn2C)o1. The van der Waals surface area contributed by atoms with Crippen LogP contribution in [0.1, 0.15) is 19.2 Å². The summed E-state index contributed by atoms with van der Waals surface area (Å²) in [4.78, 5) is 0. The summed E-state index contributed by atoms with van der Waals surface area (Å²) in [5.41, 5.74) is 0. The van der Waals surface area contributed by atoms with Gasteiger partial charge >= 0.3 is 5.16 Å². The van der Waals surface area contributed by atoms with E-state index in [0.29, 0.717) is 22.0 Å². The van der Waals surface area contributed by atoms with E-state index in [0.717, 1.165) is 6.42 Å². The molecule has 0 fully saturated rings. The lowest BCUT2D eigenvalue weighted by Crippen LogP contribution is -2.15. The van der Waals surface area contributed by atoms with Crippen LogP contribution in [-0.4, -0.2) is 46.0 Å². The summed E-state index contributed by atoms with van der Waals surface area (Å²) in [5.74, 6) is 1.04. The molecule has 2 unspecified atom stereocenters. The Hall–Kier alpha value is -1.13. The van der Waals surface area contributed by atoms with E-state index in [1.54, 1.807) is 14.0 Å². The van der Waals surface area contributed by atoms with Crippen molar-refractivity contribution in [2.75, 3.05) is 5.75 Å². The van der Waals surface area contributed by atoms with Crippen LogP contribution in [0.3, 0.4) is 0 Å². The van der Waals surface area contributed by atoms with Gasteiger partial charge in [-0.15, -0.1) is 10.2 Å². The number of aromatic nitrogens is 6. The first-order valence-electron chi connectivity index (χ1n) is 5.63. The van der Waals surface area contributed by atoms with Gasteiger partial charge in [-0.3, -0.25) is 0 Å². The Bertz CT molecular complexity index is 530. The van der Waals surface area contributed by atoms with Gasteiger partial charge in [0.25, 0.3) is 5.22 Å². The molecule has 10 heteroatoms. The largest absolute Gasteiger partial charge is 0.609 e. The fourth-order valence-electron chi connectivity index (χ4n) is 1.34. The average molecular weight is 302 g/mol. The number of hydrogen-bond acceptors (Lipinski definition) is 8. The highest BCUT2D eigenvalue weighted by molar-refractivity contribution is 7.99. The molecule has 2 heterocycles. The molecule has 0 amide bonds. The summed E-state index contributed by atoms with van der Waals surface area (Å²) in [6, 6.07) is 0. The molecular formula is C9H14N6O2S2. The number of aryl methyl sites for hydroxylation is 2. The molecule has 0 saturated carbocycles. The Balaban J connectivity index is 1.80. The van der Waals surface area contributed by atoms with Gasteiger partial charge in [0.05, 0.1) is 0 Å². The van der Waals surface area contributed by atoms with Gasteiger partial charge in [-0.1, -0.05) is 23.8 Å². The monoisotopic (exact) mass is 302 g/mol. The quantitative estimate of drug-likeness (QED) is 0.563. The van der Waals surface area contributed by atoms with Crippen LogP contribution in [0, 0.1) is 6.92 Å². The molecule has 0 radical (unpaired) electrons. The van der Waals surface area contributed by atoms with Gasteiger partial charge in [0.1, 0.15) is 5.75 Å². The molecule has 0 saturated heterocycles. The highest BCUT2D eigenvalue weighted by Gasteiger charge is 2.20. The fraction of sp³-hybridized carbons (Fsp3) is 0.667. The molecular weight excluding hydrogens is 288 g/mol. The minimum absolute atomic E-state index is 0.227. The van der Waals surface area contributed by atoms with Crippen molar-refractivity contribution in [1.29, 1.82) is 0 Å². The first-order valence-corrected chi connectivity index (χ1v) is 7.83. The van der Waals surface area contributed by atoms with Gasteiger partial charge in [-0.25, -0.2) is 0 Å². The summed E-state index contributed by atoms with van der Waals surface area (Å²) in [6.45, 7) is 3.77. The summed E-state index contributed by atoms with van der Waals surface area (Å²) >= 11 is 0.284. The van der Waals surface area contributed by atoms with E-state index >= 15 is 0 Å². The van der Waals surface area contributed by atoms with Crippen molar-refractivity contribution in [3.8, 4) is 0 Å². The summed E-state index contributed by atoms with van der Waals surface area (Å²) in [6.07, 6.45) is 0.742. The Kier molecular flexibility index (Phi) is 4.77. The van der Waals surface area contributed by atoms with Crippen LogP contribution in [0.2, 0.25) is 0 Å². The number of thioether (sulfide) groups is 1. The highest BCUT2D eigenvalue weighted by atomic mass is 32.2. The lowest BCUT2D eigenvalue weighted by molar-refractivity contribution is 0.428. The molecule has 0 aliphatic rings. The standard InChI is InChI=1S/C9H14N6O2S2/c1-6(18-9-12-10-7(2)17-9)4-5-19(16)8-11-13-14-15(8)3/h6H,4-5H2,1-3H3. The first kappa shape index (κ1) is 14.3. The van der Waals surface area contributed by atoms with Crippen LogP contribution in [0.25, 0.3) is 0 Å². The zero-order valence-corrected chi connectivity index (χ0v) is 12.4. The van der Waals surface area contributed by atoms with Crippen molar-refractivity contribution >= 4 is 22.9 Å². The molecule has 8 nitrogen and oxygen atoms in total. The summed E-state index contributed by atoms with van der Waals surface area (Å²) in [5, 5.41) is 19.7. The Morgan fingerprint density at radius 1 is 1.42 bits per heavy atom. The van der Waals surface area contributed by atoms with Crippen LogP contribution in [-0.2, 0) is 18.2 Å². The van der Waals surface area contributed by atoms with Gasteiger partial charge in [0, 0.05) is 36.8 Å². The number of tetrazole rings is 1. The minimum Gasteiger partial charge on any atom is -0.609 e. The van der Waals surface area contributed by atoms with Crippen molar-refractivity contribution in [3.63, 3.8) is 0 Å². The van der Waals surface area contributed by atoms with Gasteiger partial charge < -0.3 is 8.97 Å². The third-order valence-electron chi connectivity index (χ3n) is 2.30. The van der Waals surface area contributed by atoms with Crippen LogP contribution in [0.5, 0.6) is 0 Å². The van der Waals surface area contributed by atoms with E-state index in [1.165, 1.54) is 16.4 Å². The van der Waals surface area contributed by atoms with E-state index in [4.69, 9.17) is 4.42 Å². The Morgan fingerprint density at radius 2 is 2.21 bits per heavy atom. The van der Waals surface area contributed by atoms with Gasteiger partial charge in [0.15, 0.2) is 0 Å². The van der Waals surface area contributed by atoms with E-state index in [1.807, 2.05) is 6.92 Å². The molecule has 0 aromatic carbocycles. The third kappa shape index (κ3) is 3.91. The van der Waals surface area contributed by atoms with Crippen molar-refractivity contribution in [2.45, 2.75) is 35.9 Å². The molecule has 2 aromatic rings. The van der Waals surface area contributed by atoms with E-state index in [9.17, 15) is 4.55 Å². The third-order valence-corrected chi connectivity index (χ3v) is 4.67. The van der Waals surface area contributed by atoms with Crippen molar-refractivity contribution in [1.82, 2.24) is 30.4 Å². The van der Waals surface area contributed by atoms with E-state index in [-0.39, 0.29) is 5.25 Å². The molecule has 2 rings (SSSR count). The molecule has 0 bridgehead atoms. The van der Waals surface area contributed by atoms with Crippen molar-refractivity contribution in [3.05, 3.63) is 5.89 Å². The fourth-order valence-corrected chi connectivity index (χ4v) is 3.53. The average Bonchev–Trinajstić information content (AvgIpc) is 2.95. The second-order valence-electron chi connectivity index (χ2n) is 3.94. The lowest BCUT2D eigenvalue weighted by atomic mass is 10.4.